The van der Waals surface area contributed by atoms with E-state index in [9.17, 15) is 22.8 Å². The minimum atomic E-state index is -4.43. The first-order valence-electron chi connectivity index (χ1n) is 10.8. The van der Waals surface area contributed by atoms with Crippen molar-refractivity contribution in [1.82, 2.24) is 14.8 Å². The Morgan fingerprint density at radius 2 is 1.73 bits per heavy atom. The molecule has 1 aliphatic heterocycles. The molecule has 0 radical (unpaired) electrons. The van der Waals surface area contributed by atoms with Crippen LogP contribution < -0.4 is 5.32 Å². The molecular weight excluding hydrogens is 431 g/mol. The fourth-order valence-electron chi connectivity index (χ4n) is 4.15. The Labute approximate surface area is 189 Å². The predicted molar refractivity (Wildman–Crippen MR) is 117 cm³/mol. The van der Waals surface area contributed by atoms with Gasteiger partial charge >= 0.3 is 6.18 Å². The first kappa shape index (κ1) is 22.6. The Bertz CT molecular complexity index is 1130. The average molecular weight is 455 g/mol. The molecule has 2 heterocycles. The average Bonchev–Trinajstić information content (AvgIpc) is 3.29. The van der Waals surface area contributed by atoms with E-state index in [1.165, 1.54) is 12.1 Å². The molecule has 8 heteroatoms. The van der Waals surface area contributed by atoms with Crippen LogP contribution >= 0.6 is 0 Å². The Balaban J connectivity index is 1.37. The number of alkyl halides is 3. The minimum Gasteiger partial charge on any atom is -0.352 e. The minimum absolute atomic E-state index is 0.0263. The number of hydrogen-bond acceptors (Lipinski definition) is 2. The highest BCUT2D eigenvalue weighted by atomic mass is 19.4. The quantitative estimate of drug-likeness (QED) is 0.594. The number of carbonyl (C=O) groups is 2. The number of benzene rings is 2. The Morgan fingerprint density at radius 3 is 2.48 bits per heavy atom. The number of carbonyl (C=O) groups excluding carboxylic acids is 2. The van der Waals surface area contributed by atoms with Gasteiger partial charge in [-0.2, -0.15) is 13.2 Å². The molecule has 2 amide bonds. The predicted octanol–water partition coefficient (Wildman–Crippen LogP) is 4.54. The van der Waals surface area contributed by atoms with Crippen LogP contribution in [0.1, 0.15) is 41.3 Å². The summed E-state index contributed by atoms with van der Waals surface area (Å²) in [7, 11) is 0. The third-order valence-corrected chi connectivity index (χ3v) is 5.78. The van der Waals surface area contributed by atoms with E-state index in [2.05, 4.69) is 9.88 Å². The van der Waals surface area contributed by atoms with Gasteiger partial charge in [-0.3, -0.25) is 9.59 Å². The van der Waals surface area contributed by atoms with Crippen LogP contribution in [0.3, 0.4) is 0 Å². The Hall–Kier alpha value is -3.55. The highest BCUT2D eigenvalue weighted by Crippen LogP contribution is 2.33. The maximum absolute atomic E-state index is 13.1. The normalized spacial score (nSPS) is 15.7. The topological polar surface area (TPSA) is 54.3 Å². The first-order valence-corrected chi connectivity index (χ1v) is 10.8. The highest BCUT2D eigenvalue weighted by molar-refractivity contribution is 5.84. The second-order valence-corrected chi connectivity index (χ2v) is 8.00. The van der Waals surface area contributed by atoms with Crippen molar-refractivity contribution in [1.29, 1.82) is 0 Å². The van der Waals surface area contributed by atoms with Gasteiger partial charge in [0, 0.05) is 44.4 Å². The molecule has 1 atom stereocenters. The summed E-state index contributed by atoms with van der Waals surface area (Å²) in [6.45, 7) is 1.19. The molecule has 3 aromatic rings. The van der Waals surface area contributed by atoms with Crippen molar-refractivity contribution in [2.45, 2.75) is 38.1 Å². The van der Waals surface area contributed by atoms with E-state index in [4.69, 9.17) is 0 Å². The maximum Gasteiger partial charge on any atom is 0.416 e. The summed E-state index contributed by atoms with van der Waals surface area (Å²) in [4.78, 5) is 27.1. The van der Waals surface area contributed by atoms with Gasteiger partial charge in [-0.1, -0.05) is 42.5 Å². The van der Waals surface area contributed by atoms with Gasteiger partial charge in [0.05, 0.1) is 11.6 Å². The second-order valence-electron chi connectivity index (χ2n) is 8.00. The molecule has 1 N–H and O–H groups in total. The smallest absolute Gasteiger partial charge is 0.352 e. The number of amides is 2. The third-order valence-electron chi connectivity index (χ3n) is 5.78. The van der Waals surface area contributed by atoms with Crippen LogP contribution in [-0.4, -0.2) is 27.8 Å². The fraction of sp³-hybridized carbons (Fsp3) is 0.280. The van der Waals surface area contributed by atoms with Crippen molar-refractivity contribution in [3.8, 4) is 0 Å². The zero-order valence-corrected chi connectivity index (χ0v) is 17.9. The number of nitrogens with zero attached hydrogens (tertiary/aromatic N) is 2. The van der Waals surface area contributed by atoms with Crippen molar-refractivity contribution in [2.24, 2.45) is 0 Å². The van der Waals surface area contributed by atoms with E-state index < -0.39 is 11.7 Å². The molecule has 5 nitrogen and oxygen atoms in total. The fourth-order valence-corrected chi connectivity index (χ4v) is 4.15. The molecule has 172 valence electrons. The van der Waals surface area contributed by atoms with E-state index in [0.29, 0.717) is 18.7 Å². The lowest BCUT2D eigenvalue weighted by Crippen LogP contribution is -2.42. The Morgan fingerprint density at radius 1 is 0.939 bits per heavy atom. The molecule has 0 aliphatic carbocycles. The van der Waals surface area contributed by atoms with Crippen molar-refractivity contribution >= 4 is 11.8 Å². The van der Waals surface area contributed by atoms with Crippen molar-refractivity contribution in [3.05, 3.63) is 95.3 Å². The van der Waals surface area contributed by atoms with Gasteiger partial charge in [-0.25, -0.2) is 0 Å². The van der Waals surface area contributed by atoms with Gasteiger partial charge in [0.25, 0.3) is 0 Å². The van der Waals surface area contributed by atoms with E-state index in [0.717, 1.165) is 23.4 Å². The first-order chi connectivity index (χ1) is 15.8. The van der Waals surface area contributed by atoms with Crippen LogP contribution in [0.4, 0.5) is 13.2 Å². The molecule has 2 aromatic carbocycles. The summed E-state index contributed by atoms with van der Waals surface area (Å²) in [5.41, 5.74) is 1.62. The highest BCUT2D eigenvalue weighted by Gasteiger charge is 2.32. The SMILES string of the molecule is O=C(CCC(=O)N1CCn2cccc2C1c1ccccc1)NCc1cccc(C(F)(F)F)c1. The number of fused-ring (bicyclic) bond motifs is 1. The number of aromatic nitrogens is 1. The van der Waals surface area contributed by atoms with Gasteiger partial charge in [-0.05, 0) is 35.4 Å². The molecule has 33 heavy (non-hydrogen) atoms. The standard InChI is InChI=1S/C25H24F3N3O2/c26-25(27,28)20-9-4-6-18(16-20)17-29-22(32)11-12-23(33)31-15-14-30-13-5-10-21(30)24(31)19-7-2-1-3-8-19/h1-10,13,16,24H,11-12,14-15,17H2,(H,29,32). The zero-order valence-electron chi connectivity index (χ0n) is 17.9. The van der Waals surface area contributed by atoms with Crippen LogP contribution in [0.25, 0.3) is 0 Å². The monoisotopic (exact) mass is 455 g/mol. The van der Waals surface area contributed by atoms with E-state index in [1.54, 1.807) is 4.90 Å². The van der Waals surface area contributed by atoms with Gasteiger partial charge in [-0.15, -0.1) is 0 Å². The van der Waals surface area contributed by atoms with Crippen LogP contribution in [0, 0.1) is 0 Å². The number of rotatable bonds is 6. The lowest BCUT2D eigenvalue weighted by atomic mass is 9.99. The third kappa shape index (κ3) is 5.27. The molecule has 0 bridgehead atoms. The summed E-state index contributed by atoms with van der Waals surface area (Å²) < 4.78 is 40.7. The molecule has 1 aliphatic rings. The summed E-state index contributed by atoms with van der Waals surface area (Å²) in [5, 5.41) is 2.61. The largest absolute Gasteiger partial charge is 0.416 e. The van der Waals surface area contributed by atoms with E-state index in [-0.39, 0.29) is 37.2 Å². The molecule has 0 fully saturated rings. The van der Waals surface area contributed by atoms with Crippen LogP contribution in [0.5, 0.6) is 0 Å². The molecule has 0 saturated carbocycles. The molecule has 1 aromatic heterocycles. The summed E-state index contributed by atoms with van der Waals surface area (Å²) >= 11 is 0. The summed E-state index contributed by atoms with van der Waals surface area (Å²) in [5.74, 6) is -0.511. The molecular formula is C25H24F3N3O2. The maximum atomic E-state index is 13.1. The molecule has 1 unspecified atom stereocenters. The van der Waals surface area contributed by atoms with Crippen molar-refractivity contribution in [3.63, 3.8) is 0 Å². The summed E-state index contributed by atoms with van der Waals surface area (Å²) in [6, 6.07) is 18.3. The van der Waals surface area contributed by atoms with Gasteiger partial charge in [0.2, 0.25) is 11.8 Å². The van der Waals surface area contributed by atoms with Crippen LogP contribution in [0.2, 0.25) is 0 Å². The molecule has 0 saturated heterocycles. The number of halogens is 3. The number of hydrogen-bond donors (Lipinski definition) is 1. The van der Waals surface area contributed by atoms with Gasteiger partial charge < -0.3 is 14.8 Å². The Kier molecular flexibility index (Phi) is 6.53. The van der Waals surface area contributed by atoms with E-state index in [1.807, 2.05) is 48.7 Å². The van der Waals surface area contributed by atoms with E-state index >= 15 is 0 Å². The molecule has 4 rings (SSSR count). The lowest BCUT2D eigenvalue weighted by molar-refractivity contribution is -0.137. The summed E-state index contributed by atoms with van der Waals surface area (Å²) in [6.07, 6.45) is -2.44. The number of nitrogens with one attached hydrogen (secondary N) is 1. The van der Waals surface area contributed by atoms with Gasteiger partial charge in [0.1, 0.15) is 0 Å². The van der Waals surface area contributed by atoms with Crippen LogP contribution in [-0.2, 0) is 28.9 Å². The van der Waals surface area contributed by atoms with Gasteiger partial charge in [0.15, 0.2) is 0 Å². The van der Waals surface area contributed by atoms with Crippen molar-refractivity contribution < 1.29 is 22.8 Å². The zero-order chi connectivity index (χ0) is 23.4. The lowest BCUT2D eigenvalue weighted by Gasteiger charge is -2.37. The van der Waals surface area contributed by atoms with Crippen LogP contribution in [0.15, 0.2) is 72.9 Å². The molecule has 0 spiro atoms. The van der Waals surface area contributed by atoms with Crippen molar-refractivity contribution in [2.75, 3.05) is 6.54 Å². The second kappa shape index (κ2) is 9.52.